The normalized spacial score (nSPS) is 20.0. The van der Waals surface area contributed by atoms with E-state index in [4.69, 9.17) is 0 Å². The van der Waals surface area contributed by atoms with Crippen LogP contribution in [0.15, 0.2) is 0 Å². The largest absolute Gasteiger partial charge is 0.389 e. The van der Waals surface area contributed by atoms with E-state index in [1.807, 2.05) is 32.6 Å². The summed E-state index contributed by atoms with van der Waals surface area (Å²) in [5.74, 6) is 0.00826. The predicted octanol–water partition coefficient (Wildman–Crippen LogP) is 1.89. The van der Waals surface area contributed by atoms with E-state index in [2.05, 4.69) is 0 Å². The van der Waals surface area contributed by atoms with Gasteiger partial charge >= 0.3 is 0 Å². The SMILES string of the molecule is CCN(CC(C)(C)O)C(=O)C1CCCN(C(=O)C(C)(C)C)C1. The molecule has 1 saturated heterocycles. The van der Waals surface area contributed by atoms with E-state index in [1.54, 1.807) is 18.7 Å². The third-order valence-electron chi connectivity index (χ3n) is 3.97. The monoisotopic (exact) mass is 312 g/mol. The highest BCUT2D eigenvalue weighted by atomic mass is 16.3. The van der Waals surface area contributed by atoms with Gasteiger partial charge in [0.1, 0.15) is 0 Å². The molecule has 1 atom stereocenters. The average molecular weight is 312 g/mol. The predicted molar refractivity (Wildman–Crippen MR) is 87.3 cm³/mol. The Morgan fingerprint density at radius 2 is 1.82 bits per heavy atom. The van der Waals surface area contributed by atoms with Gasteiger partial charge in [0.05, 0.1) is 11.5 Å². The van der Waals surface area contributed by atoms with Crippen molar-refractivity contribution in [1.29, 1.82) is 0 Å². The minimum absolute atomic E-state index is 0.0519. The molecule has 1 unspecified atom stereocenters. The summed E-state index contributed by atoms with van der Waals surface area (Å²) in [5.41, 5.74) is -1.32. The van der Waals surface area contributed by atoms with E-state index in [9.17, 15) is 14.7 Å². The van der Waals surface area contributed by atoms with Crippen molar-refractivity contribution < 1.29 is 14.7 Å². The second-order valence-corrected chi connectivity index (χ2v) is 8.01. The van der Waals surface area contributed by atoms with Crippen LogP contribution in [0.1, 0.15) is 54.4 Å². The van der Waals surface area contributed by atoms with E-state index in [1.165, 1.54) is 0 Å². The van der Waals surface area contributed by atoms with Gasteiger partial charge in [-0.25, -0.2) is 0 Å². The van der Waals surface area contributed by atoms with Crippen molar-refractivity contribution in [2.24, 2.45) is 11.3 Å². The lowest BCUT2D eigenvalue weighted by Gasteiger charge is -2.38. The molecule has 1 aliphatic rings. The molecule has 0 aromatic heterocycles. The number of hydrogen-bond acceptors (Lipinski definition) is 3. The molecule has 1 aliphatic heterocycles. The first-order valence-electron chi connectivity index (χ1n) is 8.26. The number of nitrogens with zero attached hydrogens (tertiary/aromatic N) is 2. The summed E-state index contributed by atoms with van der Waals surface area (Å²) in [6.45, 7) is 13.2. The number of likely N-dealkylation sites (N-methyl/N-ethyl adjacent to an activating group) is 1. The van der Waals surface area contributed by atoms with Gasteiger partial charge < -0.3 is 14.9 Å². The first-order chi connectivity index (χ1) is 9.95. The highest BCUT2D eigenvalue weighted by molar-refractivity contribution is 5.84. The van der Waals surface area contributed by atoms with Crippen molar-refractivity contribution in [3.8, 4) is 0 Å². The molecule has 0 aromatic rings. The summed E-state index contributed by atoms with van der Waals surface area (Å²) >= 11 is 0. The Bertz CT molecular complexity index is 407. The maximum atomic E-state index is 12.7. The Morgan fingerprint density at radius 1 is 1.23 bits per heavy atom. The van der Waals surface area contributed by atoms with Crippen LogP contribution in [0.5, 0.6) is 0 Å². The fourth-order valence-electron chi connectivity index (χ4n) is 2.91. The minimum Gasteiger partial charge on any atom is -0.389 e. The lowest BCUT2D eigenvalue weighted by molar-refractivity contribution is -0.146. The molecule has 0 radical (unpaired) electrons. The van der Waals surface area contributed by atoms with Gasteiger partial charge in [0.2, 0.25) is 11.8 Å². The molecule has 1 N–H and O–H groups in total. The Kier molecular flexibility index (Phi) is 6.02. The number of amides is 2. The molecular formula is C17H32N2O3. The van der Waals surface area contributed by atoms with Crippen molar-refractivity contribution in [3.63, 3.8) is 0 Å². The molecule has 128 valence electrons. The van der Waals surface area contributed by atoms with E-state index < -0.39 is 11.0 Å². The Hall–Kier alpha value is -1.10. The third-order valence-corrected chi connectivity index (χ3v) is 3.97. The second-order valence-electron chi connectivity index (χ2n) is 8.01. The molecule has 1 rings (SSSR count). The molecule has 0 bridgehead atoms. The number of hydrogen-bond donors (Lipinski definition) is 1. The first-order valence-corrected chi connectivity index (χ1v) is 8.26. The molecule has 0 aliphatic carbocycles. The Morgan fingerprint density at radius 3 is 2.27 bits per heavy atom. The van der Waals surface area contributed by atoms with Crippen molar-refractivity contribution in [1.82, 2.24) is 9.80 Å². The van der Waals surface area contributed by atoms with E-state index in [0.717, 1.165) is 19.4 Å². The molecule has 0 aromatic carbocycles. The highest BCUT2D eigenvalue weighted by Crippen LogP contribution is 2.25. The Labute approximate surface area is 134 Å². The van der Waals surface area contributed by atoms with Gasteiger partial charge in [-0.3, -0.25) is 9.59 Å². The first kappa shape index (κ1) is 18.9. The van der Waals surface area contributed by atoms with Gasteiger partial charge in [0.25, 0.3) is 0 Å². The van der Waals surface area contributed by atoms with Crippen LogP contribution >= 0.6 is 0 Å². The van der Waals surface area contributed by atoms with Crippen LogP contribution in [0.25, 0.3) is 0 Å². The summed E-state index contributed by atoms with van der Waals surface area (Å²) in [6.07, 6.45) is 1.67. The van der Waals surface area contributed by atoms with Crippen molar-refractivity contribution in [3.05, 3.63) is 0 Å². The zero-order chi connectivity index (χ0) is 17.1. The van der Waals surface area contributed by atoms with Crippen molar-refractivity contribution >= 4 is 11.8 Å². The van der Waals surface area contributed by atoms with E-state index >= 15 is 0 Å². The van der Waals surface area contributed by atoms with Gasteiger partial charge in [-0.2, -0.15) is 0 Å². The van der Waals surface area contributed by atoms with Gasteiger partial charge in [-0.15, -0.1) is 0 Å². The van der Waals surface area contributed by atoms with Crippen LogP contribution in [-0.2, 0) is 9.59 Å². The van der Waals surface area contributed by atoms with Crippen LogP contribution in [-0.4, -0.2) is 58.5 Å². The number of carbonyl (C=O) groups is 2. The zero-order valence-electron chi connectivity index (χ0n) is 15.0. The maximum Gasteiger partial charge on any atom is 0.227 e. The number of likely N-dealkylation sites (tertiary alicyclic amines) is 1. The molecular weight excluding hydrogens is 280 g/mol. The Balaban J connectivity index is 2.75. The lowest BCUT2D eigenvalue weighted by atomic mass is 9.90. The quantitative estimate of drug-likeness (QED) is 0.862. The van der Waals surface area contributed by atoms with Crippen molar-refractivity contribution in [2.75, 3.05) is 26.2 Å². The van der Waals surface area contributed by atoms with Crippen molar-refractivity contribution in [2.45, 2.75) is 60.0 Å². The molecule has 5 heteroatoms. The second kappa shape index (κ2) is 6.99. The van der Waals surface area contributed by atoms with Crippen LogP contribution in [0.2, 0.25) is 0 Å². The summed E-state index contributed by atoms with van der Waals surface area (Å²) in [4.78, 5) is 28.6. The summed E-state index contributed by atoms with van der Waals surface area (Å²) in [5, 5.41) is 9.95. The molecule has 0 spiro atoms. The van der Waals surface area contributed by atoms with Gasteiger partial charge in [-0.1, -0.05) is 20.8 Å². The fourth-order valence-corrected chi connectivity index (χ4v) is 2.91. The molecule has 0 saturated carbocycles. The molecule has 2 amide bonds. The molecule has 22 heavy (non-hydrogen) atoms. The van der Waals surface area contributed by atoms with Crippen LogP contribution in [0.4, 0.5) is 0 Å². The average Bonchev–Trinajstić information content (AvgIpc) is 2.41. The van der Waals surface area contributed by atoms with Crippen LogP contribution in [0.3, 0.4) is 0 Å². The lowest BCUT2D eigenvalue weighted by Crippen LogP contribution is -2.51. The standard InChI is InChI=1S/C17H32N2O3/c1-7-18(12-17(5,6)22)14(20)13-9-8-10-19(11-13)15(21)16(2,3)4/h13,22H,7-12H2,1-6H3. The number of aliphatic hydroxyl groups is 1. The van der Waals surface area contributed by atoms with Crippen LogP contribution < -0.4 is 0 Å². The van der Waals surface area contributed by atoms with E-state index in [-0.39, 0.29) is 17.7 Å². The van der Waals surface area contributed by atoms with Crippen LogP contribution in [0, 0.1) is 11.3 Å². The number of carbonyl (C=O) groups excluding carboxylic acids is 2. The summed E-state index contributed by atoms with van der Waals surface area (Å²) in [6, 6.07) is 0. The highest BCUT2D eigenvalue weighted by Gasteiger charge is 2.35. The van der Waals surface area contributed by atoms with Gasteiger partial charge in [0.15, 0.2) is 0 Å². The maximum absolute atomic E-state index is 12.7. The summed E-state index contributed by atoms with van der Waals surface area (Å²) < 4.78 is 0. The van der Waals surface area contributed by atoms with E-state index in [0.29, 0.717) is 19.6 Å². The molecule has 1 fully saturated rings. The number of rotatable bonds is 4. The third kappa shape index (κ3) is 5.27. The minimum atomic E-state index is -0.902. The fraction of sp³-hybridized carbons (Fsp3) is 0.882. The molecule has 1 heterocycles. The van der Waals surface area contributed by atoms with Gasteiger partial charge in [-0.05, 0) is 33.6 Å². The molecule has 5 nitrogen and oxygen atoms in total. The topological polar surface area (TPSA) is 60.9 Å². The summed E-state index contributed by atoms with van der Waals surface area (Å²) in [7, 11) is 0. The van der Waals surface area contributed by atoms with Gasteiger partial charge in [0, 0.05) is 31.6 Å². The number of piperidine rings is 1. The zero-order valence-corrected chi connectivity index (χ0v) is 15.0. The smallest absolute Gasteiger partial charge is 0.227 e.